The van der Waals surface area contributed by atoms with Crippen molar-refractivity contribution in [2.45, 2.75) is 25.4 Å². The van der Waals surface area contributed by atoms with Gasteiger partial charge in [-0.2, -0.15) is 27.1 Å². The number of nitrogens with two attached hydrogens (primary N) is 1. The van der Waals surface area contributed by atoms with Crippen molar-refractivity contribution in [1.29, 1.82) is 0 Å². The van der Waals surface area contributed by atoms with Crippen molar-refractivity contribution < 1.29 is 22.0 Å². The Bertz CT molecular complexity index is 631. The quantitative estimate of drug-likeness (QED) is 0.733. The molecule has 1 aromatic rings. The molecule has 1 unspecified atom stereocenters. The molecule has 0 aliphatic carbocycles. The van der Waals surface area contributed by atoms with Gasteiger partial charge in [-0.3, -0.25) is 5.73 Å². The second-order valence-corrected chi connectivity index (χ2v) is 4.55. The summed E-state index contributed by atoms with van der Waals surface area (Å²) in [6, 6.07) is 0. The molecule has 0 amide bonds. The van der Waals surface area contributed by atoms with E-state index in [1.807, 2.05) is 0 Å². The molecule has 0 radical (unpaired) electrons. The Morgan fingerprint density at radius 3 is 2.50 bits per heavy atom. The van der Waals surface area contributed by atoms with E-state index in [2.05, 4.69) is 20.7 Å². The molecule has 22 heavy (non-hydrogen) atoms. The van der Waals surface area contributed by atoms with Gasteiger partial charge in [0.05, 0.1) is 17.5 Å². The van der Waals surface area contributed by atoms with Crippen LogP contribution in [0.1, 0.15) is 17.8 Å². The molecule has 0 spiro atoms. The summed E-state index contributed by atoms with van der Waals surface area (Å²) in [6.07, 6.45) is -3.04. The molecule has 0 saturated carbocycles. The molecule has 4 N–H and O–H groups in total. The topological polar surface area (TPSA) is 80.3 Å². The zero-order chi connectivity index (χ0) is 16.7. The molecular formula is C11H13F5N6. The van der Waals surface area contributed by atoms with Gasteiger partial charge in [-0.05, 0) is 6.92 Å². The standard InChI is InChI=1S/C11H13F5N6/c1-5-6(4-20-22(5)9(12)13)11(17)19-3-7(10(14,15)16)8(18-2)21-11/h3-4,9,18,21H,17H2,1-2H3. The van der Waals surface area contributed by atoms with Gasteiger partial charge in [-0.15, -0.1) is 0 Å². The normalized spacial score (nSPS) is 22.2. The molecule has 1 aliphatic heterocycles. The fraction of sp³-hybridized carbons (Fsp3) is 0.455. The van der Waals surface area contributed by atoms with Gasteiger partial charge in [0.15, 0.2) is 0 Å². The van der Waals surface area contributed by atoms with Gasteiger partial charge in [0.25, 0.3) is 0 Å². The molecule has 1 atom stereocenters. The largest absolute Gasteiger partial charge is 0.421 e. The van der Waals surface area contributed by atoms with E-state index in [1.54, 1.807) is 0 Å². The van der Waals surface area contributed by atoms with Crippen molar-refractivity contribution in [3.8, 4) is 0 Å². The zero-order valence-corrected chi connectivity index (χ0v) is 11.5. The lowest BCUT2D eigenvalue weighted by Gasteiger charge is -2.33. The highest BCUT2D eigenvalue weighted by Crippen LogP contribution is 2.32. The molecule has 1 aliphatic rings. The first-order valence-corrected chi connectivity index (χ1v) is 6.04. The van der Waals surface area contributed by atoms with Gasteiger partial charge in [0, 0.05) is 13.3 Å². The van der Waals surface area contributed by atoms with Crippen LogP contribution in [0.25, 0.3) is 0 Å². The van der Waals surface area contributed by atoms with Crippen molar-refractivity contribution in [2.24, 2.45) is 10.7 Å². The number of aliphatic imine (C=N–C) groups is 1. The second-order valence-electron chi connectivity index (χ2n) is 4.55. The summed E-state index contributed by atoms with van der Waals surface area (Å²) in [5.74, 6) is -2.24. The number of nitrogens with one attached hydrogen (secondary N) is 2. The number of aromatic nitrogens is 2. The summed E-state index contributed by atoms with van der Waals surface area (Å²) >= 11 is 0. The van der Waals surface area contributed by atoms with E-state index in [-0.39, 0.29) is 11.3 Å². The molecule has 11 heteroatoms. The minimum atomic E-state index is -4.64. The van der Waals surface area contributed by atoms with Crippen LogP contribution in [-0.2, 0) is 5.79 Å². The lowest BCUT2D eigenvalue weighted by Crippen LogP contribution is -2.54. The summed E-state index contributed by atoms with van der Waals surface area (Å²) in [6.45, 7) is -1.57. The number of hydrogen-bond acceptors (Lipinski definition) is 5. The first-order chi connectivity index (χ1) is 10.1. The van der Waals surface area contributed by atoms with E-state index in [0.29, 0.717) is 10.9 Å². The van der Waals surface area contributed by atoms with E-state index >= 15 is 0 Å². The fourth-order valence-electron chi connectivity index (χ4n) is 2.06. The average Bonchev–Trinajstić information content (AvgIpc) is 2.79. The maximum absolute atomic E-state index is 12.8. The number of allylic oxidation sites excluding steroid dienone is 1. The Kier molecular flexibility index (Phi) is 3.85. The van der Waals surface area contributed by atoms with Gasteiger partial charge in [-0.1, -0.05) is 0 Å². The molecule has 0 saturated heterocycles. The lowest BCUT2D eigenvalue weighted by atomic mass is 10.1. The van der Waals surface area contributed by atoms with Crippen molar-refractivity contribution in [3.05, 3.63) is 28.8 Å². The van der Waals surface area contributed by atoms with Crippen LogP contribution in [-0.4, -0.2) is 29.2 Å². The Morgan fingerprint density at radius 1 is 1.41 bits per heavy atom. The summed E-state index contributed by atoms with van der Waals surface area (Å²) < 4.78 is 64.4. The fourth-order valence-corrected chi connectivity index (χ4v) is 2.06. The highest BCUT2D eigenvalue weighted by molar-refractivity contribution is 5.82. The van der Waals surface area contributed by atoms with E-state index in [9.17, 15) is 22.0 Å². The van der Waals surface area contributed by atoms with Gasteiger partial charge in [-0.25, -0.2) is 9.67 Å². The zero-order valence-electron chi connectivity index (χ0n) is 11.5. The van der Waals surface area contributed by atoms with Gasteiger partial charge >= 0.3 is 12.7 Å². The highest BCUT2D eigenvalue weighted by atomic mass is 19.4. The van der Waals surface area contributed by atoms with Crippen molar-refractivity contribution in [1.82, 2.24) is 20.4 Å². The smallest absolute Gasteiger partial charge is 0.374 e. The Labute approximate surface area is 121 Å². The van der Waals surface area contributed by atoms with Crippen molar-refractivity contribution in [2.75, 3.05) is 7.05 Å². The van der Waals surface area contributed by atoms with E-state index in [4.69, 9.17) is 5.73 Å². The molecule has 122 valence electrons. The van der Waals surface area contributed by atoms with Crippen LogP contribution >= 0.6 is 0 Å². The number of hydrogen-bond donors (Lipinski definition) is 3. The Morgan fingerprint density at radius 2 is 2.05 bits per heavy atom. The van der Waals surface area contributed by atoms with Gasteiger partial charge < -0.3 is 10.6 Å². The van der Waals surface area contributed by atoms with Gasteiger partial charge in [0.2, 0.25) is 5.79 Å². The van der Waals surface area contributed by atoms with Crippen LogP contribution in [0.4, 0.5) is 22.0 Å². The molecule has 0 fully saturated rings. The van der Waals surface area contributed by atoms with Crippen LogP contribution in [0.5, 0.6) is 0 Å². The highest BCUT2D eigenvalue weighted by Gasteiger charge is 2.42. The Balaban J connectivity index is 2.44. The third-order valence-electron chi connectivity index (χ3n) is 3.18. The number of nitrogens with zero attached hydrogens (tertiary/aromatic N) is 3. The third-order valence-corrected chi connectivity index (χ3v) is 3.18. The predicted octanol–water partition coefficient (Wildman–Crippen LogP) is 1.32. The van der Waals surface area contributed by atoms with Crippen LogP contribution in [0.3, 0.4) is 0 Å². The van der Waals surface area contributed by atoms with E-state index in [0.717, 1.165) is 6.20 Å². The van der Waals surface area contributed by atoms with Crippen LogP contribution in [0.2, 0.25) is 0 Å². The SMILES string of the molecule is CNC1=C(C(F)(F)F)C=NC(N)(c2cnn(C(F)F)c2C)N1. The first kappa shape index (κ1) is 16.2. The maximum Gasteiger partial charge on any atom is 0.421 e. The Hall–Kier alpha value is -2.17. The number of rotatable bonds is 3. The first-order valence-electron chi connectivity index (χ1n) is 6.04. The number of halogens is 5. The van der Waals surface area contributed by atoms with E-state index < -0.39 is 29.9 Å². The monoisotopic (exact) mass is 324 g/mol. The van der Waals surface area contributed by atoms with Crippen LogP contribution in [0.15, 0.2) is 22.6 Å². The molecule has 0 aromatic carbocycles. The summed E-state index contributed by atoms with van der Waals surface area (Å²) in [7, 11) is 1.27. The molecule has 2 heterocycles. The minimum Gasteiger partial charge on any atom is -0.374 e. The summed E-state index contributed by atoms with van der Waals surface area (Å²) in [5.41, 5.74) is 4.90. The number of alkyl halides is 5. The summed E-state index contributed by atoms with van der Waals surface area (Å²) in [5, 5.41) is 8.18. The third kappa shape index (κ3) is 2.63. The van der Waals surface area contributed by atoms with E-state index in [1.165, 1.54) is 14.0 Å². The molecule has 2 rings (SSSR count). The molecule has 1 aromatic heterocycles. The molecule has 6 nitrogen and oxygen atoms in total. The predicted molar refractivity (Wildman–Crippen MR) is 67.9 cm³/mol. The van der Waals surface area contributed by atoms with Crippen molar-refractivity contribution in [3.63, 3.8) is 0 Å². The van der Waals surface area contributed by atoms with Crippen LogP contribution in [0, 0.1) is 6.92 Å². The lowest BCUT2D eigenvalue weighted by molar-refractivity contribution is -0.0875. The van der Waals surface area contributed by atoms with Crippen molar-refractivity contribution >= 4 is 6.21 Å². The van der Waals surface area contributed by atoms with Crippen LogP contribution < -0.4 is 16.4 Å². The summed E-state index contributed by atoms with van der Waals surface area (Å²) in [4.78, 5) is 3.64. The van der Waals surface area contributed by atoms with Gasteiger partial charge in [0.1, 0.15) is 11.4 Å². The minimum absolute atomic E-state index is 0.00642. The second kappa shape index (κ2) is 5.23. The average molecular weight is 324 g/mol. The maximum atomic E-state index is 12.8. The molecule has 0 bridgehead atoms. The molecular weight excluding hydrogens is 311 g/mol.